The van der Waals surface area contributed by atoms with Gasteiger partial charge in [0.15, 0.2) is 0 Å². The summed E-state index contributed by atoms with van der Waals surface area (Å²) in [5.74, 6) is 2.59. The Morgan fingerprint density at radius 2 is 2.14 bits per heavy atom. The van der Waals surface area contributed by atoms with Crippen LogP contribution in [0.15, 0.2) is 18.2 Å². The molecule has 1 aromatic carbocycles. The minimum absolute atomic E-state index is 0.104. The number of benzene rings is 1. The van der Waals surface area contributed by atoms with E-state index in [4.69, 9.17) is 9.47 Å². The first-order valence-electron chi connectivity index (χ1n) is 8.66. The van der Waals surface area contributed by atoms with Gasteiger partial charge in [0, 0.05) is 24.1 Å². The van der Waals surface area contributed by atoms with E-state index in [0.717, 1.165) is 36.8 Å². The molecule has 0 fully saturated rings. The van der Waals surface area contributed by atoms with Crippen LogP contribution in [-0.4, -0.2) is 18.8 Å². The first-order valence-corrected chi connectivity index (χ1v) is 8.66. The molecule has 3 nitrogen and oxygen atoms in total. The Hall–Kier alpha value is -1.22. The van der Waals surface area contributed by atoms with Crippen molar-refractivity contribution in [2.24, 2.45) is 5.92 Å². The summed E-state index contributed by atoms with van der Waals surface area (Å²) in [6.07, 6.45) is 3.22. The van der Waals surface area contributed by atoms with Crippen molar-refractivity contribution in [2.75, 3.05) is 13.2 Å². The molecule has 0 saturated heterocycles. The smallest absolute Gasteiger partial charge is 0.128 e. The van der Waals surface area contributed by atoms with E-state index >= 15 is 0 Å². The van der Waals surface area contributed by atoms with Gasteiger partial charge in [-0.15, -0.1) is 0 Å². The summed E-state index contributed by atoms with van der Waals surface area (Å²) < 4.78 is 11.9. The first kappa shape index (κ1) is 17.1. The molecule has 0 aromatic heterocycles. The average molecular weight is 305 g/mol. The zero-order valence-corrected chi connectivity index (χ0v) is 14.7. The molecule has 0 bridgehead atoms. The number of hydrogen-bond acceptors (Lipinski definition) is 3. The first-order chi connectivity index (χ1) is 10.5. The number of nitrogens with one attached hydrogen (secondary N) is 1. The van der Waals surface area contributed by atoms with Gasteiger partial charge in [0.05, 0.1) is 6.61 Å². The van der Waals surface area contributed by atoms with E-state index in [9.17, 15) is 0 Å². The Kier molecular flexibility index (Phi) is 5.74. The minimum atomic E-state index is -0.104. The second-order valence-corrected chi connectivity index (χ2v) is 6.93. The van der Waals surface area contributed by atoms with Crippen molar-refractivity contribution in [1.29, 1.82) is 0 Å². The lowest BCUT2D eigenvalue weighted by molar-refractivity contribution is 0.0438. The third-order valence-corrected chi connectivity index (χ3v) is 4.52. The van der Waals surface area contributed by atoms with Crippen LogP contribution < -0.4 is 14.8 Å². The maximum absolute atomic E-state index is 6.29. The van der Waals surface area contributed by atoms with Crippen molar-refractivity contribution in [3.05, 3.63) is 23.8 Å². The van der Waals surface area contributed by atoms with Crippen LogP contribution in [0.5, 0.6) is 11.5 Å². The van der Waals surface area contributed by atoms with Crippen LogP contribution in [0.4, 0.5) is 0 Å². The second kappa shape index (κ2) is 7.36. The lowest BCUT2D eigenvalue weighted by atomic mass is 9.86. The van der Waals surface area contributed by atoms with Crippen LogP contribution in [0, 0.1) is 5.92 Å². The van der Waals surface area contributed by atoms with Gasteiger partial charge in [-0.25, -0.2) is 0 Å². The molecule has 1 aromatic rings. The Morgan fingerprint density at radius 3 is 2.77 bits per heavy atom. The summed E-state index contributed by atoms with van der Waals surface area (Å²) >= 11 is 0. The molecule has 0 amide bonds. The van der Waals surface area contributed by atoms with E-state index in [-0.39, 0.29) is 5.60 Å². The van der Waals surface area contributed by atoms with Crippen molar-refractivity contribution in [3.8, 4) is 11.5 Å². The molecule has 2 rings (SSSR count). The largest absolute Gasteiger partial charge is 0.494 e. The van der Waals surface area contributed by atoms with Crippen molar-refractivity contribution in [3.63, 3.8) is 0 Å². The molecular weight excluding hydrogens is 274 g/mol. The third-order valence-electron chi connectivity index (χ3n) is 4.52. The normalized spacial score (nSPS) is 24.0. The van der Waals surface area contributed by atoms with Crippen molar-refractivity contribution < 1.29 is 9.47 Å². The standard InChI is InChI=1S/C19H31NO2/c1-6-19(5)13-17(20-11-10-14(3)4)16-9-8-15(21-7-2)12-18(16)22-19/h8-9,12,14,17,20H,6-7,10-11,13H2,1-5H3. The number of ether oxygens (including phenoxy) is 2. The van der Waals surface area contributed by atoms with Crippen molar-refractivity contribution >= 4 is 0 Å². The lowest BCUT2D eigenvalue weighted by Gasteiger charge is -2.40. The summed E-state index contributed by atoms with van der Waals surface area (Å²) in [4.78, 5) is 0. The minimum Gasteiger partial charge on any atom is -0.494 e. The molecule has 1 heterocycles. The highest BCUT2D eigenvalue weighted by atomic mass is 16.5. The fourth-order valence-corrected chi connectivity index (χ4v) is 2.94. The van der Waals surface area contributed by atoms with Crippen LogP contribution >= 0.6 is 0 Å². The summed E-state index contributed by atoms with van der Waals surface area (Å²) in [7, 11) is 0. The Balaban J connectivity index is 2.20. The van der Waals surface area contributed by atoms with E-state index in [2.05, 4.69) is 45.1 Å². The van der Waals surface area contributed by atoms with E-state index < -0.39 is 0 Å². The van der Waals surface area contributed by atoms with Crippen molar-refractivity contribution in [1.82, 2.24) is 5.32 Å². The number of rotatable bonds is 7. The van der Waals surface area contributed by atoms with Gasteiger partial charge in [-0.05, 0) is 45.2 Å². The molecule has 22 heavy (non-hydrogen) atoms. The maximum Gasteiger partial charge on any atom is 0.128 e. The topological polar surface area (TPSA) is 30.5 Å². The molecule has 0 aliphatic carbocycles. The highest BCUT2D eigenvalue weighted by molar-refractivity contribution is 5.44. The summed E-state index contributed by atoms with van der Waals surface area (Å²) in [5.41, 5.74) is 1.16. The van der Waals surface area contributed by atoms with Gasteiger partial charge in [-0.3, -0.25) is 0 Å². The highest BCUT2D eigenvalue weighted by Gasteiger charge is 2.35. The van der Waals surface area contributed by atoms with Gasteiger partial charge >= 0.3 is 0 Å². The Bertz CT molecular complexity index is 486. The van der Waals surface area contributed by atoms with Crippen LogP contribution in [0.3, 0.4) is 0 Å². The van der Waals surface area contributed by atoms with E-state index in [0.29, 0.717) is 12.6 Å². The quantitative estimate of drug-likeness (QED) is 0.791. The summed E-state index contributed by atoms with van der Waals surface area (Å²) in [6.45, 7) is 12.7. The molecule has 1 N–H and O–H groups in total. The molecule has 1 aliphatic rings. The van der Waals surface area contributed by atoms with Crippen LogP contribution in [0.1, 0.15) is 65.5 Å². The number of fused-ring (bicyclic) bond motifs is 1. The van der Waals surface area contributed by atoms with Crippen molar-refractivity contribution in [2.45, 2.75) is 65.5 Å². The predicted octanol–water partition coefficient (Wildman–Crippen LogP) is 4.71. The van der Waals surface area contributed by atoms with Gasteiger partial charge in [0.25, 0.3) is 0 Å². The van der Waals surface area contributed by atoms with E-state index in [1.807, 2.05) is 13.0 Å². The summed E-state index contributed by atoms with van der Waals surface area (Å²) in [6, 6.07) is 6.62. The molecule has 0 saturated carbocycles. The van der Waals surface area contributed by atoms with Crippen LogP contribution in [0.25, 0.3) is 0 Å². The average Bonchev–Trinajstić information content (AvgIpc) is 2.46. The maximum atomic E-state index is 6.29. The van der Waals surface area contributed by atoms with Gasteiger partial charge in [0.2, 0.25) is 0 Å². The molecule has 0 spiro atoms. The molecule has 1 aliphatic heterocycles. The lowest BCUT2D eigenvalue weighted by Crippen LogP contribution is -2.41. The third kappa shape index (κ3) is 4.16. The molecule has 2 atom stereocenters. The SMILES string of the molecule is CCOc1ccc2c(c1)OC(C)(CC)CC2NCCC(C)C. The fraction of sp³-hybridized carbons (Fsp3) is 0.684. The second-order valence-electron chi connectivity index (χ2n) is 6.93. The Morgan fingerprint density at radius 1 is 1.36 bits per heavy atom. The van der Waals surface area contributed by atoms with Crippen LogP contribution in [-0.2, 0) is 0 Å². The Labute approximate surface area is 135 Å². The molecule has 3 heteroatoms. The van der Waals surface area contributed by atoms with Gasteiger partial charge in [-0.2, -0.15) is 0 Å². The molecular formula is C19H31NO2. The van der Waals surface area contributed by atoms with Gasteiger partial charge < -0.3 is 14.8 Å². The van der Waals surface area contributed by atoms with E-state index in [1.54, 1.807) is 0 Å². The summed E-state index contributed by atoms with van der Waals surface area (Å²) in [5, 5.41) is 3.73. The highest BCUT2D eigenvalue weighted by Crippen LogP contribution is 2.42. The van der Waals surface area contributed by atoms with E-state index in [1.165, 1.54) is 12.0 Å². The number of hydrogen-bond donors (Lipinski definition) is 1. The van der Waals surface area contributed by atoms with Gasteiger partial charge in [0.1, 0.15) is 17.1 Å². The van der Waals surface area contributed by atoms with Gasteiger partial charge in [-0.1, -0.05) is 26.8 Å². The molecule has 2 unspecified atom stereocenters. The van der Waals surface area contributed by atoms with Crippen LogP contribution in [0.2, 0.25) is 0 Å². The zero-order valence-electron chi connectivity index (χ0n) is 14.7. The monoisotopic (exact) mass is 305 g/mol. The molecule has 124 valence electrons. The zero-order chi connectivity index (χ0) is 16.2. The fourth-order valence-electron chi connectivity index (χ4n) is 2.94. The predicted molar refractivity (Wildman–Crippen MR) is 91.8 cm³/mol. The molecule has 0 radical (unpaired) electrons.